The minimum absolute atomic E-state index is 0.242. The maximum Gasteiger partial charge on any atom is 0.269 e. The molecule has 1 saturated carbocycles. The summed E-state index contributed by atoms with van der Waals surface area (Å²) < 4.78 is 30.2. The lowest BCUT2D eigenvalue weighted by Gasteiger charge is -2.41. The highest BCUT2D eigenvalue weighted by atomic mass is 32.2. The zero-order valence-electron chi connectivity index (χ0n) is 21.3. The molecule has 1 N–H and O–H groups in total. The third-order valence-electron chi connectivity index (χ3n) is 7.64. The van der Waals surface area contributed by atoms with Crippen molar-refractivity contribution < 1.29 is 8.42 Å². The van der Waals surface area contributed by atoms with E-state index in [-0.39, 0.29) is 10.4 Å². The first-order valence-electron chi connectivity index (χ1n) is 12.9. The summed E-state index contributed by atoms with van der Waals surface area (Å²) in [4.78, 5) is 5.00. The molecule has 36 heavy (non-hydrogen) atoms. The van der Waals surface area contributed by atoms with Gasteiger partial charge in [-0.2, -0.15) is 5.10 Å². The first-order valence-corrected chi connectivity index (χ1v) is 14.4. The first kappa shape index (κ1) is 24.7. The predicted molar refractivity (Wildman–Crippen MR) is 143 cm³/mol. The van der Waals surface area contributed by atoms with Gasteiger partial charge in [0.15, 0.2) is 5.65 Å². The zero-order chi connectivity index (χ0) is 25.3. The highest BCUT2D eigenvalue weighted by molar-refractivity contribution is 7.90. The van der Waals surface area contributed by atoms with Crippen LogP contribution in [0.4, 0.5) is 0 Å². The van der Waals surface area contributed by atoms with Gasteiger partial charge in [0.05, 0.1) is 11.1 Å². The van der Waals surface area contributed by atoms with Gasteiger partial charge < -0.3 is 5.32 Å². The van der Waals surface area contributed by atoms with Crippen LogP contribution in [0.1, 0.15) is 63.9 Å². The van der Waals surface area contributed by atoms with Gasteiger partial charge in [-0.25, -0.2) is 17.4 Å². The van der Waals surface area contributed by atoms with Crippen molar-refractivity contribution in [1.82, 2.24) is 24.1 Å². The average molecular weight is 506 g/mol. The minimum atomic E-state index is -3.79. The van der Waals surface area contributed by atoms with Crippen molar-refractivity contribution in [2.45, 2.75) is 68.7 Å². The molecule has 7 nitrogen and oxygen atoms in total. The van der Waals surface area contributed by atoms with E-state index < -0.39 is 10.0 Å². The molecule has 8 heteroatoms. The van der Waals surface area contributed by atoms with Crippen LogP contribution in [0, 0.1) is 0 Å². The van der Waals surface area contributed by atoms with E-state index in [1.54, 1.807) is 41.3 Å². The number of fused-ring (bicyclic) bond motifs is 1. The van der Waals surface area contributed by atoms with E-state index in [0.717, 1.165) is 48.7 Å². The molecular weight excluding hydrogens is 470 g/mol. The summed E-state index contributed by atoms with van der Waals surface area (Å²) in [6.07, 6.45) is 14.2. The van der Waals surface area contributed by atoms with Crippen LogP contribution in [0.3, 0.4) is 0 Å². The normalized spacial score (nSPS) is 20.7. The fraction of sp³-hybridized carbons (Fsp3) is 0.429. The fourth-order valence-electron chi connectivity index (χ4n) is 5.87. The molecule has 4 aromatic rings. The molecule has 0 atom stereocenters. The smallest absolute Gasteiger partial charge is 0.269 e. The number of benzene rings is 1. The molecule has 0 spiro atoms. The molecule has 1 aliphatic carbocycles. The first-order chi connectivity index (χ1) is 17.4. The number of rotatable bonds is 8. The summed E-state index contributed by atoms with van der Waals surface area (Å²) in [5, 5.41) is 8.94. The Morgan fingerprint density at radius 3 is 2.47 bits per heavy atom. The maximum absolute atomic E-state index is 13.6. The summed E-state index contributed by atoms with van der Waals surface area (Å²) in [6.45, 7) is 5.45. The van der Waals surface area contributed by atoms with E-state index in [9.17, 15) is 8.42 Å². The Hall–Kier alpha value is -2.97. The van der Waals surface area contributed by atoms with Crippen LogP contribution in [0.25, 0.3) is 22.2 Å². The van der Waals surface area contributed by atoms with E-state index in [0.29, 0.717) is 11.6 Å². The van der Waals surface area contributed by atoms with Gasteiger partial charge in [-0.15, -0.1) is 0 Å². The second-order valence-electron chi connectivity index (χ2n) is 10.0. The average Bonchev–Trinajstić information content (AvgIpc) is 3.49. The number of hydrogen-bond acceptors (Lipinski definition) is 5. The number of pyridine rings is 1. The molecule has 0 amide bonds. The SMILES string of the molecule is CCCC1(NCC)CCC(c2cnc3c(c2)c(-c2cnn(C)c2)cn3S(=O)(=O)c2ccccc2)CC1. The molecule has 1 aromatic carbocycles. The molecule has 0 saturated heterocycles. The van der Waals surface area contributed by atoms with E-state index in [1.165, 1.54) is 22.4 Å². The number of nitrogens with zero attached hydrogens (tertiary/aromatic N) is 4. The summed E-state index contributed by atoms with van der Waals surface area (Å²) in [7, 11) is -1.93. The standard InChI is InChI=1S/C28H35N5O2S/c1-4-13-28(30-5-2)14-11-21(12-15-28)22-16-25-26(23-18-31-32(3)19-23)20-33(27(25)29-17-22)36(34,35)24-9-7-6-8-10-24/h6-10,16-21,30H,4-5,11-15H2,1-3H3. The highest BCUT2D eigenvalue weighted by Gasteiger charge is 2.34. The Labute approximate surface area is 213 Å². The fourth-order valence-corrected chi connectivity index (χ4v) is 7.22. The van der Waals surface area contributed by atoms with Gasteiger partial charge in [0.2, 0.25) is 0 Å². The molecule has 0 bridgehead atoms. The zero-order valence-corrected chi connectivity index (χ0v) is 22.1. The van der Waals surface area contributed by atoms with Gasteiger partial charge in [-0.3, -0.25) is 4.68 Å². The lowest BCUT2D eigenvalue weighted by atomic mass is 9.72. The van der Waals surface area contributed by atoms with Crippen LogP contribution in [-0.2, 0) is 17.1 Å². The quantitative estimate of drug-likeness (QED) is 0.343. The minimum Gasteiger partial charge on any atom is -0.312 e. The van der Waals surface area contributed by atoms with E-state index in [1.807, 2.05) is 25.5 Å². The van der Waals surface area contributed by atoms with Gasteiger partial charge in [-0.1, -0.05) is 38.5 Å². The summed E-state index contributed by atoms with van der Waals surface area (Å²) in [6, 6.07) is 10.7. The molecular formula is C28H35N5O2S. The second kappa shape index (κ2) is 9.82. The lowest BCUT2D eigenvalue weighted by Crippen LogP contribution is -2.47. The topological polar surface area (TPSA) is 81.8 Å². The Morgan fingerprint density at radius 2 is 1.83 bits per heavy atom. The molecule has 0 unspecified atom stereocenters. The van der Waals surface area contributed by atoms with Crippen molar-refractivity contribution in [3.63, 3.8) is 0 Å². The van der Waals surface area contributed by atoms with Crippen molar-refractivity contribution in [2.75, 3.05) is 6.54 Å². The van der Waals surface area contributed by atoms with Gasteiger partial charge in [0.25, 0.3) is 10.0 Å². The van der Waals surface area contributed by atoms with Crippen LogP contribution in [-0.4, -0.2) is 39.2 Å². The van der Waals surface area contributed by atoms with Crippen LogP contribution in [0.2, 0.25) is 0 Å². The molecule has 0 radical (unpaired) electrons. The monoisotopic (exact) mass is 505 g/mol. The van der Waals surface area contributed by atoms with Crippen LogP contribution >= 0.6 is 0 Å². The molecule has 1 fully saturated rings. The number of nitrogens with one attached hydrogen (secondary N) is 1. The van der Waals surface area contributed by atoms with Gasteiger partial charge in [0.1, 0.15) is 0 Å². The Kier molecular flexibility index (Phi) is 6.74. The van der Waals surface area contributed by atoms with Crippen molar-refractivity contribution in [2.24, 2.45) is 7.05 Å². The van der Waals surface area contributed by atoms with Crippen molar-refractivity contribution in [3.05, 3.63) is 66.7 Å². The molecule has 190 valence electrons. The molecule has 3 aromatic heterocycles. The maximum atomic E-state index is 13.6. The van der Waals surface area contributed by atoms with Gasteiger partial charge >= 0.3 is 0 Å². The van der Waals surface area contributed by atoms with E-state index in [2.05, 4.69) is 30.3 Å². The number of hydrogen-bond donors (Lipinski definition) is 1. The third kappa shape index (κ3) is 4.48. The highest BCUT2D eigenvalue weighted by Crippen LogP contribution is 2.41. The third-order valence-corrected chi connectivity index (χ3v) is 9.31. The van der Waals surface area contributed by atoms with Crippen LogP contribution in [0.15, 0.2) is 66.1 Å². The van der Waals surface area contributed by atoms with Crippen LogP contribution in [0.5, 0.6) is 0 Å². The summed E-state index contributed by atoms with van der Waals surface area (Å²) >= 11 is 0. The molecule has 5 rings (SSSR count). The Bertz CT molecular complexity index is 1440. The van der Waals surface area contributed by atoms with Crippen molar-refractivity contribution in [3.8, 4) is 11.1 Å². The number of aromatic nitrogens is 4. The van der Waals surface area contributed by atoms with Gasteiger partial charge in [0, 0.05) is 47.7 Å². The summed E-state index contributed by atoms with van der Waals surface area (Å²) in [5.74, 6) is 0.418. The second-order valence-corrected chi connectivity index (χ2v) is 11.8. The number of aryl methyl sites for hydroxylation is 1. The van der Waals surface area contributed by atoms with Crippen molar-refractivity contribution in [1.29, 1.82) is 0 Å². The van der Waals surface area contributed by atoms with Crippen LogP contribution < -0.4 is 5.32 Å². The van der Waals surface area contributed by atoms with E-state index >= 15 is 0 Å². The summed E-state index contributed by atoms with van der Waals surface area (Å²) in [5.41, 5.74) is 3.58. The predicted octanol–water partition coefficient (Wildman–Crippen LogP) is 5.48. The molecule has 0 aliphatic heterocycles. The van der Waals surface area contributed by atoms with Gasteiger partial charge in [-0.05, 0) is 68.3 Å². The van der Waals surface area contributed by atoms with E-state index in [4.69, 9.17) is 4.98 Å². The largest absolute Gasteiger partial charge is 0.312 e. The Morgan fingerprint density at radius 1 is 1.08 bits per heavy atom. The molecule has 1 aliphatic rings. The van der Waals surface area contributed by atoms with Crippen molar-refractivity contribution >= 4 is 21.1 Å². The lowest BCUT2D eigenvalue weighted by molar-refractivity contribution is 0.203. The Balaban J connectivity index is 1.56. The molecule has 3 heterocycles.